The normalized spacial score (nSPS) is 12.6. The topological polar surface area (TPSA) is 82.8 Å². The molecular formula is C19H26N4O3S. The molecule has 0 amide bonds. The molecule has 2 aromatic rings. The number of ether oxygens (including phenoxy) is 1. The highest BCUT2D eigenvalue weighted by molar-refractivity contribution is 7.71. The van der Waals surface area contributed by atoms with Crippen LogP contribution in [0.2, 0.25) is 0 Å². The van der Waals surface area contributed by atoms with Crippen molar-refractivity contribution >= 4 is 18.4 Å². The number of aliphatic imine (C=N–C) groups is 1. The highest BCUT2D eigenvalue weighted by Crippen LogP contribution is 2.22. The summed E-state index contributed by atoms with van der Waals surface area (Å²) in [7, 11) is 5.57. The molecule has 8 heteroatoms. The number of rotatable bonds is 8. The summed E-state index contributed by atoms with van der Waals surface area (Å²) in [6.45, 7) is 2.92. The predicted molar refractivity (Wildman–Crippen MR) is 110 cm³/mol. The van der Waals surface area contributed by atoms with E-state index in [0.29, 0.717) is 13.1 Å². The van der Waals surface area contributed by atoms with Crippen LogP contribution in [0.4, 0.5) is 0 Å². The fraction of sp³-hybridized carbons (Fsp3) is 0.421. The molecule has 0 radical (unpaired) electrons. The lowest BCUT2D eigenvalue weighted by Crippen LogP contribution is -2.23. The lowest BCUT2D eigenvalue weighted by Gasteiger charge is -2.23. The smallest absolute Gasteiger partial charge is 0.264 e. The molecule has 0 aliphatic carbocycles. The third kappa shape index (κ3) is 5.05. The Morgan fingerprint density at radius 1 is 1.37 bits per heavy atom. The van der Waals surface area contributed by atoms with Crippen molar-refractivity contribution in [2.45, 2.75) is 25.9 Å². The van der Waals surface area contributed by atoms with Crippen LogP contribution in [0.1, 0.15) is 30.5 Å². The first-order valence-corrected chi connectivity index (χ1v) is 9.16. The average molecular weight is 391 g/mol. The number of aromatic nitrogens is 2. The Morgan fingerprint density at radius 2 is 2.04 bits per heavy atom. The summed E-state index contributed by atoms with van der Waals surface area (Å²) in [5.41, 5.74) is 0.752. The monoisotopic (exact) mass is 390 g/mol. The number of benzene rings is 1. The maximum Gasteiger partial charge on any atom is 0.264 e. The maximum atomic E-state index is 12.2. The molecule has 0 fully saturated rings. The maximum absolute atomic E-state index is 12.2. The molecular weight excluding hydrogens is 364 g/mol. The Balaban J connectivity index is 2.27. The molecule has 146 valence electrons. The van der Waals surface area contributed by atoms with Crippen molar-refractivity contribution in [2.24, 2.45) is 4.99 Å². The molecule has 0 saturated heterocycles. The van der Waals surface area contributed by atoms with Crippen LogP contribution in [0.25, 0.3) is 0 Å². The van der Waals surface area contributed by atoms with Crippen LogP contribution in [0.3, 0.4) is 0 Å². The average Bonchev–Trinajstić information content (AvgIpc) is 2.64. The quantitative estimate of drug-likeness (QED) is 0.535. The summed E-state index contributed by atoms with van der Waals surface area (Å²) in [6, 6.07) is 7.81. The van der Waals surface area contributed by atoms with E-state index in [9.17, 15) is 9.90 Å². The minimum atomic E-state index is -0.445. The summed E-state index contributed by atoms with van der Waals surface area (Å²) >= 11 is 5.11. The van der Waals surface area contributed by atoms with Gasteiger partial charge < -0.3 is 14.7 Å². The number of nitrogens with zero attached hydrogens (tertiary/aromatic N) is 3. The van der Waals surface area contributed by atoms with E-state index in [1.165, 1.54) is 10.8 Å². The van der Waals surface area contributed by atoms with Crippen LogP contribution in [0, 0.1) is 4.77 Å². The number of nitrogens with one attached hydrogen (secondary N) is 1. The Morgan fingerprint density at radius 3 is 2.59 bits per heavy atom. The largest absolute Gasteiger partial charge is 0.497 e. The van der Waals surface area contributed by atoms with Gasteiger partial charge in [-0.25, -0.2) is 0 Å². The van der Waals surface area contributed by atoms with E-state index in [1.807, 2.05) is 50.2 Å². The van der Waals surface area contributed by atoms with Crippen LogP contribution >= 0.6 is 12.2 Å². The zero-order valence-corrected chi connectivity index (χ0v) is 16.9. The number of aromatic amines is 1. The van der Waals surface area contributed by atoms with Crippen molar-refractivity contribution in [1.29, 1.82) is 0 Å². The van der Waals surface area contributed by atoms with Crippen molar-refractivity contribution in [2.75, 3.05) is 27.7 Å². The van der Waals surface area contributed by atoms with Gasteiger partial charge in [-0.3, -0.25) is 19.3 Å². The third-order valence-corrected chi connectivity index (χ3v) is 4.60. The van der Waals surface area contributed by atoms with Crippen LogP contribution < -0.4 is 10.3 Å². The van der Waals surface area contributed by atoms with Gasteiger partial charge >= 0.3 is 0 Å². The van der Waals surface area contributed by atoms with Gasteiger partial charge in [-0.15, -0.1) is 0 Å². The highest BCUT2D eigenvalue weighted by Gasteiger charge is 2.14. The molecule has 7 nitrogen and oxygen atoms in total. The molecule has 1 heterocycles. The number of aromatic hydroxyl groups is 1. The number of methoxy groups -OCH3 is 1. The Hall–Kier alpha value is -2.45. The summed E-state index contributed by atoms with van der Waals surface area (Å²) in [4.78, 5) is 21.2. The Labute approximate surface area is 164 Å². The van der Waals surface area contributed by atoms with Crippen molar-refractivity contribution in [3.63, 3.8) is 0 Å². The summed E-state index contributed by atoms with van der Waals surface area (Å²) in [5, 5.41) is 10.4. The number of likely N-dealkylation sites (N-methyl/N-ethyl adjacent to an activating group) is 1. The third-order valence-electron chi connectivity index (χ3n) is 4.28. The molecule has 0 spiro atoms. The van der Waals surface area contributed by atoms with Crippen molar-refractivity contribution in [1.82, 2.24) is 14.5 Å². The molecule has 1 unspecified atom stereocenters. The van der Waals surface area contributed by atoms with Gasteiger partial charge in [0.15, 0.2) is 4.77 Å². The number of hydrogen-bond donors (Lipinski definition) is 2. The second-order valence-electron chi connectivity index (χ2n) is 6.40. The molecule has 0 aliphatic heterocycles. The molecule has 1 aromatic carbocycles. The standard InChI is InChI=1S/C19H26N4O3S/c1-5-10-23-18(25)15(17(24)21-19(23)27)11-20-12-16(22(2)3)13-6-8-14(26-4)9-7-13/h6-9,11,16,25H,5,10,12H2,1-4H3,(H,21,24,27). The Bertz CT molecular complexity index is 901. The van der Waals surface area contributed by atoms with Crippen LogP contribution in [0.5, 0.6) is 11.6 Å². The predicted octanol–water partition coefficient (Wildman–Crippen LogP) is 2.75. The van der Waals surface area contributed by atoms with Crippen LogP contribution in [-0.4, -0.2) is 53.5 Å². The van der Waals surface area contributed by atoms with E-state index < -0.39 is 5.56 Å². The summed E-state index contributed by atoms with van der Waals surface area (Å²) in [5.74, 6) is 0.640. The lowest BCUT2D eigenvalue weighted by atomic mass is 10.1. The van der Waals surface area contributed by atoms with Gasteiger partial charge in [0.25, 0.3) is 5.56 Å². The first-order chi connectivity index (χ1) is 12.9. The van der Waals surface area contributed by atoms with E-state index in [4.69, 9.17) is 17.0 Å². The zero-order chi connectivity index (χ0) is 20.0. The molecule has 0 aliphatic rings. The second kappa shape index (κ2) is 9.48. The van der Waals surface area contributed by atoms with E-state index in [1.54, 1.807) is 7.11 Å². The molecule has 0 bridgehead atoms. The van der Waals surface area contributed by atoms with Gasteiger partial charge in [-0.1, -0.05) is 19.1 Å². The van der Waals surface area contributed by atoms with Crippen molar-refractivity contribution < 1.29 is 9.84 Å². The van der Waals surface area contributed by atoms with Gasteiger partial charge in [0.1, 0.15) is 11.3 Å². The van der Waals surface area contributed by atoms with Gasteiger partial charge in [-0.05, 0) is 50.4 Å². The molecule has 1 aromatic heterocycles. The SMILES string of the molecule is CCCn1c(O)c(C=NCC(c2ccc(OC)cc2)N(C)C)c(=O)[nH]c1=S. The fourth-order valence-electron chi connectivity index (χ4n) is 2.76. The van der Waals surface area contributed by atoms with E-state index >= 15 is 0 Å². The fourth-order valence-corrected chi connectivity index (χ4v) is 3.03. The first-order valence-electron chi connectivity index (χ1n) is 8.75. The summed E-state index contributed by atoms with van der Waals surface area (Å²) < 4.78 is 6.91. The minimum absolute atomic E-state index is 0.0226. The number of H-pyrrole nitrogens is 1. The van der Waals surface area contributed by atoms with Crippen molar-refractivity contribution in [3.05, 3.63) is 50.5 Å². The minimum Gasteiger partial charge on any atom is -0.497 e. The van der Waals surface area contributed by atoms with Gasteiger partial charge in [-0.2, -0.15) is 0 Å². The van der Waals surface area contributed by atoms with E-state index in [-0.39, 0.29) is 22.3 Å². The number of hydrogen-bond acceptors (Lipinski definition) is 6. The van der Waals surface area contributed by atoms with E-state index in [2.05, 4.69) is 9.98 Å². The van der Waals surface area contributed by atoms with Crippen LogP contribution in [-0.2, 0) is 6.54 Å². The molecule has 2 N–H and O–H groups in total. The van der Waals surface area contributed by atoms with Gasteiger partial charge in [0.05, 0.1) is 19.7 Å². The Kier molecular flexibility index (Phi) is 7.32. The molecule has 1 atom stereocenters. The lowest BCUT2D eigenvalue weighted by molar-refractivity contribution is 0.306. The molecule has 0 saturated carbocycles. The highest BCUT2D eigenvalue weighted by atomic mass is 32.1. The van der Waals surface area contributed by atoms with Crippen LogP contribution in [0.15, 0.2) is 34.1 Å². The van der Waals surface area contributed by atoms with Gasteiger partial charge in [0, 0.05) is 12.8 Å². The molecule has 2 rings (SSSR count). The first kappa shape index (κ1) is 20.9. The molecule has 27 heavy (non-hydrogen) atoms. The zero-order valence-electron chi connectivity index (χ0n) is 16.1. The second-order valence-corrected chi connectivity index (χ2v) is 6.78. The van der Waals surface area contributed by atoms with Gasteiger partial charge in [0.2, 0.25) is 5.88 Å². The van der Waals surface area contributed by atoms with Crippen molar-refractivity contribution in [3.8, 4) is 11.6 Å². The van der Waals surface area contributed by atoms with E-state index in [0.717, 1.165) is 17.7 Å². The summed E-state index contributed by atoms with van der Waals surface area (Å²) in [6.07, 6.45) is 2.19.